The lowest BCUT2D eigenvalue weighted by atomic mass is 9.97. The standard InChI is InChI=1S/C20H27N3OS/c21-19(12-16-6-2-1-3-7-16)20(24)22-13-17-8-4-10-23(14-17)15-18-9-5-11-25-18/h1-3,5-7,9,11,17,19H,4,8,10,12-15,21H2,(H,22,24). The molecule has 1 fully saturated rings. The summed E-state index contributed by atoms with van der Waals surface area (Å²) in [6, 6.07) is 13.8. The van der Waals surface area contributed by atoms with Crippen LogP contribution in [0.3, 0.4) is 0 Å². The number of carbonyl (C=O) groups is 1. The summed E-state index contributed by atoms with van der Waals surface area (Å²) in [5, 5.41) is 5.19. The molecule has 2 aromatic rings. The highest BCUT2D eigenvalue weighted by Crippen LogP contribution is 2.20. The lowest BCUT2D eigenvalue weighted by Crippen LogP contribution is -2.46. The molecule has 5 heteroatoms. The van der Waals surface area contributed by atoms with E-state index < -0.39 is 6.04 Å². The Morgan fingerprint density at radius 2 is 2.12 bits per heavy atom. The summed E-state index contributed by atoms with van der Waals surface area (Å²) in [7, 11) is 0. The minimum absolute atomic E-state index is 0.0424. The van der Waals surface area contributed by atoms with E-state index in [1.165, 1.54) is 17.7 Å². The monoisotopic (exact) mass is 357 g/mol. The number of amides is 1. The fourth-order valence-corrected chi connectivity index (χ4v) is 4.17. The molecular formula is C20H27N3OS. The highest BCUT2D eigenvalue weighted by Gasteiger charge is 2.22. The molecule has 0 radical (unpaired) electrons. The second-order valence-electron chi connectivity index (χ2n) is 6.86. The van der Waals surface area contributed by atoms with Crippen molar-refractivity contribution in [2.24, 2.45) is 11.7 Å². The zero-order chi connectivity index (χ0) is 17.5. The fraction of sp³-hybridized carbons (Fsp3) is 0.450. The Labute approximate surface area is 154 Å². The van der Waals surface area contributed by atoms with Crippen molar-refractivity contribution >= 4 is 17.2 Å². The number of nitrogens with two attached hydrogens (primary N) is 1. The third kappa shape index (κ3) is 5.66. The fourth-order valence-electron chi connectivity index (χ4n) is 3.42. The lowest BCUT2D eigenvalue weighted by Gasteiger charge is -2.32. The number of hydrogen-bond acceptors (Lipinski definition) is 4. The van der Waals surface area contributed by atoms with Crippen molar-refractivity contribution in [1.29, 1.82) is 0 Å². The van der Waals surface area contributed by atoms with Crippen LogP contribution in [0, 0.1) is 5.92 Å². The molecule has 4 nitrogen and oxygen atoms in total. The number of carbonyl (C=O) groups excluding carboxylic acids is 1. The van der Waals surface area contributed by atoms with Crippen LogP contribution in [0.5, 0.6) is 0 Å². The third-order valence-corrected chi connectivity index (χ3v) is 5.62. The molecule has 2 atom stereocenters. The topological polar surface area (TPSA) is 58.4 Å². The number of piperidine rings is 1. The average molecular weight is 358 g/mol. The Hall–Kier alpha value is -1.69. The molecule has 0 spiro atoms. The number of likely N-dealkylation sites (tertiary alicyclic amines) is 1. The summed E-state index contributed by atoms with van der Waals surface area (Å²) in [4.78, 5) is 16.2. The maximum absolute atomic E-state index is 12.3. The molecule has 1 aliphatic heterocycles. The van der Waals surface area contributed by atoms with Gasteiger partial charge in [-0.1, -0.05) is 36.4 Å². The molecule has 1 aliphatic rings. The van der Waals surface area contributed by atoms with Crippen molar-refractivity contribution in [2.75, 3.05) is 19.6 Å². The van der Waals surface area contributed by atoms with Crippen molar-refractivity contribution in [3.05, 3.63) is 58.3 Å². The molecule has 1 aromatic heterocycles. The maximum Gasteiger partial charge on any atom is 0.237 e. The highest BCUT2D eigenvalue weighted by atomic mass is 32.1. The second kappa shape index (κ2) is 9.13. The average Bonchev–Trinajstić information content (AvgIpc) is 3.14. The first-order chi connectivity index (χ1) is 12.2. The molecule has 1 saturated heterocycles. The van der Waals surface area contributed by atoms with E-state index in [0.29, 0.717) is 12.3 Å². The van der Waals surface area contributed by atoms with E-state index >= 15 is 0 Å². The number of nitrogens with zero attached hydrogens (tertiary/aromatic N) is 1. The largest absolute Gasteiger partial charge is 0.354 e. The van der Waals surface area contributed by atoms with Crippen molar-refractivity contribution in [3.8, 4) is 0 Å². The Morgan fingerprint density at radius 3 is 2.88 bits per heavy atom. The Morgan fingerprint density at radius 1 is 1.28 bits per heavy atom. The smallest absolute Gasteiger partial charge is 0.237 e. The molecule has 2 heterocycles. The molecule has 3 rings (SSSR count). The zero-order valence-corrected chi connectivity index (χ0v) is 15.4. The molecule has 0 bridgehead atoms. The van der Waals surface area contributed by atoms with Crippen LogP contribution in [0.15, 0.2) is 47.8 Å². The normalized spacial score (nSPS) is 19.5. The van der Waals surface area contributed by atoms with Gasteiger partial charge in [0.25, 0.3) is 0 Å². The van der Waals surface area contributed by atoms with Gasteiger partial charge in [0.15, 0.2) is 0 Å². The highest BCUT2D eigenvalue weighted by molar-refractivity contribution is 7.09. The third-order valence-electron chi connectivity index (χ3n) is 4.76. The van der Waals surface area contributed by atoms with Crippen LogP contribution < -0.4 is 11.1 Å². The molecule has 0 aliphatic carbocycles. The van der Waals surface area contributed by atoms with Crippen LogP contribution in [-0.4, -0.2) is 36.5 Å². The van der Waals surface area contributed by atoms with Crippen molar-refractivity contribution in [2.45, 2.75) is 31.8 Å². The minimum atomic E-state index is -0.479. The van der Waals surface area contributed by atoms with Gasteiger partial charge in [0.05, 0.1) is 6.04 Å². The summed E-state index contributed by atoms with van der Waals surface area (Å²) >= 11 is 1.81. The second-order valence-corrected chi connectivity index (χ2v) is 7.90. The first-order valence-electron chi connectivity index (χ1n) is 9.02. The van der Waals surface area contributed by atoms with Gasteiger partial charge in [0, 0.05) is 24.5 Å². The first kappa shape index (κ1) is 18.1. The zero-order valence-electron chi connectivity index (χ0n) is 14.6. The van der Waals surface area contributed by atoms with Gasteiger partial charge < -0.3 is 11.1 Å². The lowest BCUT2D eigenvalue weighted by molar-refractivity contribution is -0.122. The summed E-state index contributed by atoms with van der Waals surface area (Å²) in [5.74, 6) is 0.473. The van der Waals surface area contributed by atoms with Crippen molar-refractivity contribution in [3.63, 3.8) is 0 Å². The summed E-state index contributed by atoms with van der Waals surface area (Å²) in [6.45, 7) is 3.94. The predicted molar refractivity (Wildman–Crippen MR) is 103 cm³/mol. The summed E-state index contributed by atoms with van der Waals surface area (Å²) in [5.41, 5.74) is 7.16. The van der Waals surface area contributed by atoms with Gasteiger partial charge in [-0.3, -0.25) is 9.69 Å². The van der Waals surface area contributed by atoms with Gasteiger partial charge >= 0.3 is 0 Å². The van der Waals surface area contributed by atoms with E-state index in [2.05, 4.69) is 27.7 Å². The van der Waals surface area contributed by atoms with E-state index in [1.54, 1.807) is 0 Å². The van der Waals surface area contributed by atoms with E-state index in [-0.39, 0.29) is 5.91 Å². The number of nitrogens with one attached hydrogen (secondary N) is 1. The van der Waals surface area contributed by atoms with Crippen LogP contribution >= 0.6 is 11.3 Å². The molecule has 134 valence electrons. The van der Waals surface area contributed by atoms with Gasteiger partial charge in [-0.25, -0.2) is 0 Å². The van der Waals surface area contributed by atoms with Crippen LogP contribution in [0.1, 0.15) is 23.3 Å². The van der Waals surface area contributed by atoms with Crippen LogP contribution in [0.4, 0.5) is 0 Å². The Kier molecular flexibility index (Phi) is 6.62. The van der Waals surface area contributed by atoms with Crippen LogP contribution in [0.25, 0.3) is 0 Å². The van der Waals surface area contributed by atoms with E-state index in [0.717, 1.165) is 31.7 Å². The minimum Gasteiger partial charge on any atom is -0.354 e. The first-order valence-corrected chi connectivity index (χ1v) is 9.90. The molecule has 1 amide bonds. The molecular weight excluding hydrogens is 330 g/mol. The summed E-state index contributed by atoms with van der Waals surface area (Å²) < 4.78 is 0. The Bertz CT molecular complexity index is 644. The molecule has 3 N–H and O–H groups in total. The quantitative estimate of drug-likeness (QED) is 0.801. The maximum atomic E-state index is 12.3. The number of rotatable bonds is 7. The van der Waals surface area contributed by atoms with E-state index in [1.807, 2.05) is 41.7 Å². The van der Waals surface area contributed by atoms with Crippen LogP contribution in [-0.2, 0) is 17.8 Å². The Balaban J connectivity index is 1.42. The van der Waals surface area contributed by atoms with E-state index in [4.69, 9.17) is 5.73 Å². The molecule has 1 aromatic carbocycles. The predicted octanol–water partition coefficient (Wildman–Crippen LogP) is 2.65. The van der Waals surface area contributed by atoms with Gasteiger partial charge in [-0.15, -0.1) is 11.3 Å². The van der Waals surface area contributed by atoms with Crippen molar-refractivity contribution in [1.82, 2.24) is 10.2 Å². The van der Waals surface area contributed by atoms with Gasteiger partial charge in [-0.05, 0) is 48.7 Å². The number of hydrogen-bond donors (Lipinski definition) is 2. The van der Waals surface area contributed by atoms with Gasteiger partial charge in [-0.2, -0.15) is 0 Å². The van der Waals surface area contributed by atoms with Gasteiger partial charge in [0.2, 0.25) is 5.91 Å². The molecule has 2 unspecified atom stereocenters. The number of thiophene rings is 1. The van der Waals surface area contributed by atoms with Crippen molar-refractivity contribution < 1.29 is 4.79 Å². The van der Waals surface area contributed by atoms with Crippen LogP contribution in [0.2, 0.25) is 0 Å². The molecule has 25 heavy (non-hydrogen) atoms. The van der Waals surface area contributed by atoms with Gasteiger partial charge in [0.1, 0.15) is 0 Å². The molecule has 0 saturated carbocycles. The SMILES string of the molecule is NC(Cc1ccccc1)C(=O)NCC1CCCN(Cc2cccs2)C1. The number of benzene rings is 1. The summed E-state index contributed by atoms with van der Waals surface area (Å²) in [6.07, 6.45) is 2.96. The van der Waals surface area contributed by atoms with E-state index in [9.17, 15) is 4.79 Å².